The molecule has 0 unspecified atom stereocenters. The SMILES string of the molecule is CCNc1cc(C(=O)NC2CC(C)C2)c([N+](=O)[O-])cn1. The average molecular weight is 278 g/mol. The van der Waals surface area contributed by atoms with Crippen LogP contribution in [-0.2, 0) is 0 Å². The Morgan fingerprint density at radius 2 is 2.25 bits per heavy atom. The van der Waals surface area contributed by atoms with Crippen molar-refractivity contribution < 1.29 is 9.72 Å². The summed E-state index contributed by atoms with van der Waals surface area (Å²) in [5.41, 5.74) is -0.211. The zero-order valence-electron chi connectivity index (χ0n) is 11.5. The first-order chi connectivity index (χ1) is 9.51. The first-order valence-corrected chi connectivity index (χ1v) is 6.70. The van der Waals surface area contributed by atoms with E-state index in [9.17, 15) is 14.9 Å². The number of carbonyl (C=O) groups excluding carboxylic acids is 1. The van der Waals surface area contributed by atoms with Crippen molar-refractivity contribution in [2.24, 2.45) is 5.92 Å². The number of rotatable bonds is 5. The van der Waals surface area contributed by atoms with Gasteiger partial charge in [-0.05, 0) is 25.7 Å². The van der Waals surface area contributed by atoms with Crippen molar-refractivity contribution in [3.8, 4) is 0 Å². The number of carbonyl (C=O) groups is 1. The van der Waals surface area contributed by atoms with Crippen molar-refractivity contribution in [3.63, 3.8) is 0 Å². The van der Waals surface area contributed by atoms with E-state index in [2.05, 4.69) is 22.5 Å². The van der Waals surface area contributed by atoms with Gasteiger partial charge in [-0.25, -0.2) is 4.98 Å². The van der Waals surface area contributed by atoms with E-state index in [4.69, 9.17) is 0 Å². The lowest BCUT2D eigenvalue weighted by Gasteiger charge is -2.33. The highest BCUT2D eigenvalue weighted by atomic mass is 16.6. The predicted octanol–water partition coefficient (Wildman–Crippen LogP) is 1.95. The summed E-state index contributed by atoms with van der Waals surface area (Å²) in [6.07, 6.45) is 2.96. The van der Waals surface area contributed by atoms with Crippen LogP contribution >= 0.6 is 0 Å². The molecule has 1 aliphatic carbocycles. The summed E-state index contributed by atoms with van der Waals surface area (Å²) >= 11 is 0. The second-order valence-corrected chi connectivity index (χ2v) is 5.12. The summed E-state index contributed by atoms with van der Waals surface area (Å²) in [5, 5.41) is 16.8. The van der Waals surface area contributed by atoms with E-state index in [1.807, 2.05) is 6.92 Å². The van der Waals surface area contributed by atoms with Crippen LogP contribution in [0.5, 0.6) is 0 Å². The molecule has 108 valence electrons. The standard InChI is InChI=1S/C13H18N4O3/c1-3-14-12-6-10(11(7-15-12)17(19)20)13(18)16-9-4-8(2)5-9/h6-9H,3-5H2,1-2H3,(H,14,15)(H,16,18). The summed E-state index contributed by atoms with van der Waals surface area (Å²) < 4.78 is 0. The van der Waals surface area contributed by atoms with E-state index in [0.29, 0.717) is 18.3 Å². The van der Waals surface area contributed by atoms with E-state index >= 15 is 0 Å². The molecule has 2 N–H and O–H groups in total. The summed E-state index contributed by atoms with van der Waals surface area (Å²) in [6, 6.07) is 1.55. The highest BCUT2D eigenvalue weighted by Gasteiger charge is 2.29. The number of hydrogen-bond donors (Lipinski definition) is 2. The maximum absolute atomic E-state index is 12.2. The molecule has 1 aliphatic rings. The smallest absolute Gasteiger partial charge is 0.300 e. The number of aromatic nitrogens is 1. The van der Waals surface area contributed by atoms with Gasteiger partial charge in [0, 0.05) is 18.7 Å². The minimum absolute atomic E-state index is 0.0560. The van der Waals surface area contributed by atoms with Gasteiger partial charge in [0.15, 0.2) is 0 Å². The lowest BCUT2D eigenvalue weighted by atomic mass is 9.82. The van der Waals surface area contributed by atoms with Gasteiger partial charge in [0.05, 0.1) is 4.92 Å². The Hall–Kier alpha value is -2.18. The molecule has 0 atom stereocenters. The van der Waals surface area contributed by atoms with Crippen molar-refractivity contribution >= 4 is 17.4 Å². The van der Waals surface area contributed by atoms with Gasteiger partial charge in [-0.2, -0.15) is 0 Å². The van der Waals surface area contributed by atoms with Crippen LogP contribution in [0.1, 0.15) is 37.0 Å². The fourth-order valence-corrected chi connectivity index (χ4v) is 2.34. The molecule has 0 aliphatic heterocycles. The minimum Gasteiger partial charge on any atom is -0.370 e. The second-order valence-electron chi connectivity index (χ2n) is 5.12. The molecule has 20 heavy (non-hydrogen) atoms. The van der Waals surface area contributed by atoms with Crippen molar-refractivity contribution in [1.29, 1.82) is 0 Å². The molecule has 0 spiro atoms. The molecule has 0 radical (unpaired) electrons. The van der Waals surface area contributed by atoms with Gasteiger partial charge in [0.25, 0.3) is 11.6 Å². The fraction of sp³-hybridized carbons (Fsp3) is 0.538. The minimum atomic E-state index is -0.582. The highest BCUT2D eigenvalue weighted by molar-refractivity contribution is 5.98. The molecule has 0 bridgehead atoms. The Kier molecular flexibility index (Phi) is 4.16. The van der Waals surface area contributed by atoms with Gasteiger partial charge in [0.1, 0.15) is 17.6 Å². The van der Waals surface area contributed by atoms with Crippen molar-refractivity contribution in [2.45, 2.75) is 32.7 Å². The van der Waals surface area contributed by atoms with Gasteiger partial charge in [-0.1, -0.05) is 6.92 Å². The number of amides is 1. The van der Waals surface area contributed by atoms with Crippen LogP contribution in [0.15, 0.2) is 12.3 Å². The van der Waals surface area contributed by atoms with E-state index in [0.717, 1.165) is 19.0 Å². The van der Waals surface area contributed by atoms with Crippen molar-refractivity contribution in [3.05, 3.63) is 27.9 Å². The molecule has 1 aromatic heterocycles. The molecule has 1 heterocycles. The van der Waals surface area contributed by atoms with E-state index < -0.39 is 10.8 Å². The lowest BCUT2D eigenvalue weighted by Crippen LogP contribution is -2.43. The Morgan fingerprint density at radius 3 is 2.80 bits per heavy atom. The third kappa shape index (κ3) is 3.04. The first-order valence-electron chi connectivity index (χ1n) is 6.70. The molecule has 1 saturated carbocycles. The van der Waals surface area contributed by atoms with Crippen LogP contribution in [0.2, 0.25) is 0 Å². The van der Waals surface area contributed by atoms with Crippen LogP contribution < -0.4 is 10.6 Å². The van der Waals surface area contributed by atoms with Crippen molar-refractivity contribution in [2.75, 3.05) is 11.9 Å². The molecule has 0 aromatic carbocycles. The largest absolute Gasteiger partial charge is 0.370 e. The molecule has 1 amide bonds. The average Bonchev–Trinajstić information content (AvgIpc) is 2.37. The molecular formula is C13H18N4O3. The summed E-state index contributed by atoms with van der Waals surface area (Å²) in [5.74, 6) is 0.658. The second kappa shape index (κ2) is 5.85. The van der Waals surface area contributed by atoms with E-state index in [-0.39, 0.29) is 17.3 Å². The number of anilines is 1. The molecule has 1 aromatic rings. The van der Waals surface area contributed by atoms with Crippen LogP contribution in [0.3, 0.4) is 0 Å². The third-order valence-electron chi connectivity index (χ3n) is 3.39. The van der Waals surface area contributed by atoms with Gasteiger partial charge < -0.3 is 10.6 Å². The summed E-state index contributed by atoms with van der Waals surface area (Å²) in [6.45, 7) is 4.63. The Bertz CT molecular complexity index is 526. The maximum atomic E-state index is 12.2. The number of nitrogens with one attached hydrogen (secondary N) is 2. The van der Waals surface area contributed by atoms with Crippen LogP contribution in [0, 0.1) is 16.0 Å². The Balaban J connectivity index is 2.19. The molecule has 2 rings (SSSR count). The topological polar surface area (TPSA) is 97.2 Å². The maximum Gasteiger partial charge on any atom is 0.300 e. The zero-order valence-corrected chi connectivity index (χ0v) is 11.5. The zero-order chi connectivity index (χ0) is 14.7. The summed E-state index contributed by atoms with van der Waals surface area (Å²) in [7, 11) is 0. The quantitative estimate of drug-likeness (QED) is 0.633. The van der Waals surface area contributed by atoms with E-state index in [1.54, 1.807) is 0 Å². The number of nitro groups is 1. The van der Waals surface area contributed by atoms with Crippen LogP contribution in [0.25, 0.3) is 0 Å². The fourth-order valence-electron chi connectivity index (χ4n) is 2.34. The molecular weight excluding hydrogens is 260 g/mol. The van der Waals surface area contributed by atoms with Crippen molar-refractivity contribution in [1.82, 2.24) is 10.3 Å². The third-order valence-corrected chi connectivity index (χ3v) is 3.39. The number of nitrogens with zero attached hydrogens (tertiary/aromatic N) is 2. The van der Waals surface area contributed by atoms with Gasteiger partial charge >= 0.3 is 0 Å². The Morgan fingerprint density at radius 1 is 1.55 bits per heavy atom. The highest BCUT2D eigenvalue weighted by Crippen LogP contribution is 2.27. The lowest BCUT2D eigenvalue weighted by molar-refractivity contribution is -0.385. The normalized spacial score (nSPS) is 20.9. The van der Waals surface area contributed by atoms with Gasteiger partial charge in [-0.3, -0.25) is 14.9 Å². The van der Waals surface area contributed by atoms with Crippen LogP contribution in [-0.4, -0.2) is 28.4 Å². The first kappa shape index (κ1) is 14.2. The molecule has 7 nitrogen and oxygen atoms in total. The molecule has 0 saturated heterocycles. The van der Waals surface area contributed by atoms with Gasteiger partial charge in [0.2, 0.25) is 0 Å². The molecule has 7 heteroatoms. The van der Waals surface area contributed by atoms with Gasteiger partial charge in [-0.15, -0.1) is 0 Å². The number of hydrogen-bond acceptors (Lipinski definition) is 5. The number of pyridine rings is 1. The predicted molar refractivity (Wildman–Crippen MR) is 74.7 cm³/mol. The summed E-state index contributed by atoms with van der Waals surface area (Å²) in [4.78, 5) is 26.5. The monoisotopic (exact) mass is 278 g/mol. The van der Waals surface area contributed by atoms with E-state index in [1.165, 1.54) is 6.07 Å². The molecule has 1 fully saturated rings. The Labute approximate surface area is 116 Å². The van der Waals surface area contributed by atoms with Crippen LogP contribution in [0.4, 0.5) is 11.5 Å².